The standard InChI is InChI=1S/C13H26N2/c1-12(2,14(3)4)11-6-7-13(11)8-9-15(5)10-13/h11H,6-10H2,1-5H3. The van der Waals surface area contributed by atoms with Crippen LogP contribution in [0.5, 0.6) is 0 Å². The molecule has 2 nitrogen and oxygen atoms in total. The van der Waals surface area contributed by atoms with Crippen molar-refractivity contribution in [2.45, 2.75) is 38.6 Å². The van der Waals surface area contributed by atoms with Gasteiger partial charge in [0, 0.05) is 12.1 Å². The molecule has 0 N–H and O–H groups in total. The lowest BCUT2D eigenvalue weighted by molar-refractivity contribution is -0.0597. The molecule has 2 aliphatic rings. The highest BCUT2D eigenvalue weighted by atomic mass is 15.2. The number of hydrogen-bond acceptors (Lipinski definition) is 2. The Morgan fingerprint density at radius 1 is 1.27 bits per heavy atom. The van der Waals surface area contributed by atoms with Crippen molar-refractivity contribution in [3.05, 3.63) is 0 Å². The fourth-order valence-corrected chi connectivity index (χ4v) is 3.71. The third-order valence-electron chi connectivity index (χ3n) is 5.25. The average molecular weight is 210 g/mol. The lowest BCUT2D eigenvalue weighted by Crippen LogP contribution is -2.58. The van der Waals surface area contributed by atoms with Gasteiger partial charge >= 0.3 is 0 Å². The van der Waals surface area contributed by atoms with Crippen LogP contribution in [0.3, 0.4) is 0 Å². The van der Waals surface area contributed by atoms with Gasteiger partial charge in [-0.25, -0.2) is 0 Å². The molecule has 0 radical (unpaired) electrons. The Balaban J connectivity index is 2.12. The Morgan fingerprint density at radius 3 is 2.27 bits per heavy atom. The van der Waals surface area contributed by atoms with Gasteiger partial charge in [-0.1, -0.05) is 0 Å². The fraction of sp³-hybridized carbons (Fsp3) is 1.00. The van der Waals surface area contributed by atoms with E-state index in [0.29, 0.717) is 11.0 Å². The Hall–Kier alpha value is -0.0800. The van der Waals surface area contributed by atoms with Gasteiger partial charge in [-0.05, 0) is 72.1 Å². The average Bonchev–Trinajstić information content (AvgIpc) is 2.47. The van der Waals surface area contributed by atoms with E-state index in [1.54, 1.807) is 0 Å². The van der Waals surface area contributed by atoms with Crippen molar-refractivity contribution >= 4 is 0 Å². The van der Waals surface area contributed by atoms with E-state index in [0.717, 1.165) is 5.92 Å². The molecule has 2 unspecified atom stereocenters. The highest BCUT2D eigenvalue weighted by Crippen LogP contribution is 2.57. The van der Waals surface area contributed by atoms with E-state index in [-0.39, 0.29) is 0 Å². The first kappa shape index (κ1) is 11.4. The maximum atomic E-state index is 2.51. The zero-order valence-corrected chi connectivity index (χ0v) is 11.0. The molecule has 1 saturated carbocycles. The molecule has 2 fully saturated rings. The molecule has 2 rings (SSSR count). The van der Waals surface area contributed by atoms with Gasteiger partial charge in [0.05, 0.1) is 0 Å². The van der Waals surface area contributed by atoms with E-state index >= 15 is 0 Å². The third-order valence-corrected chi connectivity index (χ3v) is 5.25. The molecule has 1 heterocycles. The van der Waals surface area contributed by atoms with Gasteiger partial charge in [-0.15, -0.1) is 0 Å². The maximum absolute atomic E-state index is 2.51. The lowest BCUT2D eigenvalue weighted by atomic mass is 9.53. The van der Waals surface area contributed by atoms with Crippen molar-refractivity contribution in [3.8, 4) is 0 Å². The van der Waals surface area contributed by atoms with Gasteiger partial charge in [-0.2, -0.15) is 0 Å². The van der Waals surface area contributed by atoms with Crippen molar-refractivity contribution in [2.24, 2.45) is 11.3 Å². The maximum Gasteiger partial charge on any atom is 0.0181 e. The summed E-state index contributed by atoms with van der Waals surface area (Å²) in [4.78, 5) is 4.93. The summed E-state index contributed by atoms with van der Waals surface area (Å²) in [5.41, 5.74) is 1.02. The second-order valence-corrected chi connectivity index (χ2v) is 6.49. The summed E-state index contributed by atoms with van der Waals surface area (Å²) in [6, 6.07) is 0. The summed E-state index contributed by atoms with van der Waals surface area (Å²) >= 11 is 0. The third kappa shape index (κ3) is 1.62. The molecule has 1 aliphatic heterocycles. The van der Waals surface area contributed by atoms with Crippen LogP contribution in [0.2, 0.25) is 0 Å². The first-order valence-corrected chi connectivity index (χ1v) is 6.24. The van der Waals surface area contributed by atoms with Crippen LogP contribution >= 0.6 is 0 Å². The van der Waals surface area contributed by atoms with E-state index in [4.69, 9.17) is 0 Å². The highest BCUT2D eigenvalue weighted by Gasteiger charge is 2.55. The van der Waals surface area contributed by atoms with E-state index in [9.17, 15) is 0 Å². The fourth-order valence-electron chi connectivity index (χ4n) is 3.71. The smallest absolute Gasteiger partial charge is 0.0181 e. The first-order valence-electron chi connectivity index (χ1n) is 6.24. The van der Waals surface area contributed by atoms with Gasteiger partial charge in [0.1, 0.15) is 0 Å². The summed E-state index contributed by atoms with van der Waals surface area (Å²) < 4.78 is 0. The largest absolute Gasteiger partial charge is 0.306 e. The molecule has 88 valence electrons. The zero-order valence-electron chi connectivity index (χ0n) is 11.0. The topological polar surface area (TPSA) is 6.48 Å². The predicted molar refractivity (Wildman–Crippen MR) is 65.0 cm³/mol. The van der Waals surface area contributed by atoms with Crippen molar-refractivity contribution < 1.29 is 0 Å². The van der Waals surface area contributed by atoms with E-state index < -0.39 is 0 Å². The number of hydrogen-bond donors (Lipinski definition) is 0. The minimum Gasteiger partial charge on any atom is -0.306 e. The van der Waals surface area contributed by atoms with Crippen LogP contribution in [0.4, 0.5) is 0 Å². The molecule has 15 heavy (non-hydrogen) atoms. The molecule has 0 bridgehead atoms. The molecule has 1 spiro atoms. The molecule has 0 aromatic rings. The molecule has 0 aromatic heterocycles. The predicted octanol–water partition coefficient (Wildman–Crippen LogP) is 2.06. The van der Waals surface area contributed by atoms with E-state index in [1.807, 2.05) is 0 Å². The Kier molecular flexibility index (Phi) is 2.63. The summed E-state index contributed by atoms with van der Waals surface area (Å²) in [6.45, 7) is 7.46. The molecular formula is C13H26N2. The van der Waals surface area contributed by atoms with Crippen LogP contribution < -0.4 is 0 Å². The summed E-state index contributed by atoms with van der Waals surface area (Å²) in [7, 11) is 6.72. The number of nitrogens with zero attached hydrogens (tertiary/aromatic N) is 2. The van der Waals surface area contributed by atoms with Crippen molar-refractivity contribution in [1.82, 2.24) is 9.80 Å². The molecule has 2 atom stereocenters. The van der Waals surface area contributed by atoms with Gasteiger partial charge in [0.15, 0.2) is 0 Å². The molecule has 2 heteroatoms. The summed E-state index contributed by atoms with van der Waals surface area (Å²) in [5, 5.41) is 0. The van der Waals surface area contributed by atoms with E-state index in [1.165, 1.54) is 32.4 Å². The molecule has 0 amide bonds. The molecule has 1 aliphatic carbocycles. The molecule has 0 aromatic carbocycles. The number of rotatable bonds is 2. The van der Waals surface area contributed by atoms with Crippen molar-refractivity contribution in [2.75, 3.05) is 34.2 Å². The Morgan fingerprint density at radius 2 is 1.93 bits per heavy atom. The Bertz CT molecular complexity index is 247. The van der Waals surface area contributed by atoms with Crippen LogP contribution in [0.25, 0.3) is 0 Å². The number of likely N-dealkylation sites (tertiary alicyclic amines) is 1. The van der Waals surface area contributed by atoms with Crippen LogP contribution in [-0.4, -0.2) is 49.6 Å². The van der Waals surface area contributed by atoms with Gasteiger partial charge in [0.25, 0.3) is 0 Å². The SMILES string of the molecule is CN1CCC2(CCC2C(C)(C)N(C)C)C1. The van der Waals surface area contributed by atoms with E-state index in [2.05, 4.69) is 44.8 Å². The van der Waals surface area contributed by atoms with Gasteiger partial charge in [0.2, 0.25) is 0 Å². The Labute approximate surface area is 94.6 Å². The lowest BCUT2D eigenvalue weighted by Gasteiger charge is -2.57. The minimum absolute atomic E-state index is 0.365. The summed E-state index contributed by atoms with van der Waals surface area (Å²) in [5.74, 6) is 0.893. The monoisotopic (exact) mass is 210 g/mol. The van der Waals surface area contributed by atoms with Gasteiger partial charge in [-0.3, -0.25) is 0 Å². The van der Waals surface area contributed by atoms with Crippen LogP contribution in [0.15, 0.2) is 0 Å². The molecule has 1 saturated heterocycles. The second-order valence-electron chi connectivity index (χ2n) is 6.49. The normalized spacial score (nSPS) is 37.6. The van der Waals surface area contributed by atoms with Gasteiger partial charge < -0.3 is 9.80 Å². The summed E-state index contributed by atoms with van der Waals surface area (Å²) in [6.07, 6.45) is 4.31. The van der Waals surface area contributed by atoms with Crippen LogP contribution in [-0.2, 0) is 0 Å². The van der Waals surface area contributed by atoms with Crippen molar-refractivity contribution in [3.63, 3.8) is 0 Å². The van der Waals surface area contributed by atoms with Crippen LogP contribution in [0.1, 0.15) is 33.1 Å². The zero-order chi connectivity index (χ0) is 11.3. The second kappa shape index (κ2) is 3.46. The molecular weight excluding hydrogens is 184 g/mol. The van der Waals surface area contributed by atoms with Crippen LogP contribution in [0, 0.1) is 11.3 Å². The van der Waals surface area contributed by atoms with Crippen molar-refractivity contribution in [1.29, 1.82) is 0 Å². The quantitative estimate of drug-likeness (QED) is 0.688. The first-order chi connectivity index (χ1) is 6.88. The minimum atomic E-state index is 0.365. The highest BCUT2D eigenvalue weighted by molar-refractivity contribution is 5.08.